The first-order chi connectivity index (χ1) is 7.83. The first-order valence-electron chi connectivity index (χ1n) is 5.55. The number of fused-ring (bicyclic) bond motifs is 1. The second-order valence-corrected chi connectivity index (χ2v) is 4.68. The molecule has 0 aliphatic rings. The van der Waals surface area contributed by atoms with Crippen molar-refractivity contribution in [3.05, 3.63) is 23.0 Å². The van der Waals surface area contributed by atoms with Crippen LogP contribution in [0.3, 0.4) is 0 Å². The Hall–Kier alpha value is -0.910. The van der Waals surface area contributed by atoms with Gasteiger partial charge in [-0.25, -0.2) is 4.98 Å². The van der Waals surface area contributed by atoms with Crippen molar-refractivity contribution >= 4 is 16.3 Å². The normalized spacial score (nSPS) is 11.4. The van der Waals surface area contributed by atoms with E-state index in [4.69, 9.17) is 5.11 Å². The monoisotopic (exact) mass is 239 g/mol. The highest BCUT2D eigenvalue weighted by molar-refractivity contribution is 7.15. The molecule has 16 heavy (non-hydrogen) atoms. The smallest absolute Gasteiger partial charge is 0.194 e. The molecule has 0 amide bonds. The Morgan fingerprint density at radius 1 is 1.50 bits per heavy atom. The average molecular weight is 239 g/mol. The van der Waals surface area contributed by atoms with Crippen LogP contribution >= 0.6 is 11.3 Å². The lowest BCUT2D eigenvalue weighted by Gasteiger charge is -2.04. The number of hydrogen-bond acceptors (Lipinski definition) is 4. The van der Waals surface area contributed by atoms with Crippen molar-refractivity contribution in [3.8, 4) is 0 Å². The van der Waals surface area contributed by atoms with Crippen LogP contribution in [0.25, 0.3) is 4.96 Å². The molecule has 5 heteroatoms. The lowest BCUT2D eigenvalue weighted by atomic mass is 10.3. The quantitative estimate of drug-likeness (QED) is 0.752. The van der Waals surface area contributed by atoms with Crippen LogP contribution in [0.1, 0.15) is 24.2 Å². The summed E-state index contributed by atoms with van der Waals surface area (Å²) in [5.41, 5.74) is 2.33. The first kappa shape index (κ1) is 11.6. The fourth-order valence-corrected chi connectivity index (χ4v) is 2.50. The van der Waals surface area contributed by atoms with Crippen LogP contribution < -0.4 is 5.32 Å². The minimum absolute atomic E-state index is 0.280. The molecule has 0 unspecified atom stereocenters. The number of aromatic nitrogens is 2. The number of unbranched alkanes of at least 4 members (excludes halogenated alkanes) is 1. The van der Waals surface area contributed by atoms with Gasteiger partial charge in [-0.15, -0.1) is 11.3 Å². The summed E-state index contributed by atoms with van der Waals surface area (Å²) < 4.78 is 2.14. The number of nitrogens with one attached hydrogen (secondary N) is 1. The van der Waals surface area contributed by atoms with Gasteiger partial charge in [-0.05, 0) is 26.3 Å². The van der Waals surface area contributed by atoms with E-state index in [1.165, 1.54) is 5.69 Å². The lowest BCUT2D eigenvalue weighted by Crippen LogP contribution is -2.16. The van der Waals surface area contributed by atoms with Gasteiger partial charge >= 0.3 is 0 Å². The molecule has 2 aromatic heterocycles. The van der Waals surface area contributed by atoms with Crippen molar-refractivity contribution in [2.45, 2.75) is 26.3 Å². The topological polar surface area (TPSA) is 49.6 Å². The highest BCUT2D eigenvalue weighted by atomic mass is 32.1. The molecule has 88 valence electrons. The molecule has 0 radical (unpaired) electrons. The average Bonchev–Trinajstić information content (AvgIpc) is 2.80. The van der Waals surface area contributed by atoms with E-state index in [1.807, 2.05) is 6.92 Å². The van der Waals surface area contributed by atoms with Gasteiger partial charge in [-0.2, -0.15) is 0 Å². The van der Waals surface area contributed by atoms with Crippen molar-refractivity contribution < 1.29 is 5.11 Å². The molecule has 0 atom stereocenters. The third-order valence-electron chi connectivity index (χ3n) is 2.62. The first-order valence-corrected chi connectivity index (χ1v) is 6.43. The van der Waals surface area contributed by atoms with E-state index in [2.05, 4.69) is 26.3 Å². The highest BCUT2D eigenvalue weighted by Crippen LogP contribution is 2.16. The number of hydrogen-bond donors (Lipinski definition) is 2. The van der Waals surface area contributed by atoms with Crippen molar-refractivity contribution in [1.29, 1.82) is 0 Å². The predicted molar refractivity (Wildman–Crippen MR) is 65.8 cm³/mol. The fourth-order valence-electron chi connectivity index (χ4n) is 1.72. The molecule has 0 aromatic carbocycles. The van der Waals surface area contributed by atoms with Crippen LogP contribution in [0, 0.1) is 6.92 Å². The summed E-state index contributed by atoms with van der Waals surface area (Å²) >= 11 is 1.66. The number of nitrogens with zero attached hydrogens (tertiary/aromatic N) is 2. The van der Waals surface area contributed by atoms with Gasteiger partial charge in [-0.1, -0.05) is 0 Å². The fraction of sp³-hybridized carbons (Fsp3) is 0.545. The second-order valence-electron chi connectivity index (χ2n) is 3.81. The maximum atomic E-state index is 8.67. The molecule has 2 heterocycles. The SMILES string of the molecule is Cc1nc2sccn2c1CNCCCCO. The minimum Gasteiger partial charge on any atom is -0.396 e. The van der Waals surface area contributed by atoms with E-state index in [0.717, 1.165) is 36.6 Å². The Balaban J connectivity index is 1.93. The van der Waals surface area contributed by atoms with Gasteiger partial charge in [0.15, 0.2) is 4.96 Å². The molecule has 0 bridgehead atoms. The van der Waals surface area contributed by atoms with E-state index >= 15 is 0 Å². The molecule has 0 fully saturated rings. The molecule has 2 rings (SSSR count). The predicted octanol–water partition coefficient (Wildman–Crippen LogP) is 1.57. The number of aliphatic hydroxyl groups is 1. The third kappa shape index (κ3) is 2.42. The van der Waals surface area contributed by atoms with Crippen molar-refractivity contribution in [2.75, 3.05) is 13.2 Å². The zero-order valence-electron chi connectivity index (χ0n) is 9.44. The van der Waals surface area contributed by atoms with Crippen molar-refractivity contribution in [1.82, 2.24) is 14.7 Å². The van der Waals surface area contributed by atoms with Crippen LogP contribution in [-0.4, -0.2) is 27.6 Å². The maximum absolute atomic E-state index is 8.67. The molecular formula is C11H17N3OS. The van der Waals surface area contributed by atoms with Crippen molar-refractivity contribution in [2.24, 2.45) is 0 Å². The van der Waals surface area contributed by atoms with E-state index in [1.54, 1.807) is 11.3 Å². The molecule has 4 nitrogen and oxygen atoms in total. The Morgan fingerprint density at radius 3 is 3.19 bits per heavy atom. The highest BCUT2D eigenvalue weighted by Gasteiger charge is 2.08. The van der Waals surface area contributed by atoms with Gasteiger partial charge in [0, 0.05) is 24.7 Å². The summed E-state index contributed by atoms with van der Waals surface area (Å²) in [7, 11) is 0. The minimum atomic E-state index is 0.280. The molecule has 0 aliphatic heterocycles. The van der Waals surface area contributed by atoms with Gasteiger partial charge in [0.25, 0.3) is 0 Å². The zero-order chi connectivity index (χ0) is 11.4. The van der Waals surface area contributed by atoms with Crippen LogP contribution in [-0.2, 0) is 6.54 Å². The number of aliphatic hydroxyl groups excluding tert-OH is 1. The van der Waals surface area contributed by atoms with Gasteiger partial charge < -0.3 is 10.4 Å². The summed E-state index contributed by atoms with van der Waals surface area (Å²) in [6, 6.07) is 0. The summed E-state index contributed by atoms with van der Waals surface area (Å²) in [6.45, 7) is 4.11. The van der Waals surface area contributed by atoms with Gasteiger partial charge in [-0.3, -0.25) is 4.40 Å². The number of thiazole rings is 1. The Morgan fingerprint density at radius 2 is 2.38 bits per heavy atom. The van der Waals surface area contributed by atoms with E-state index < -0.39 is 0 Å². The molecule has 0 saturated carbocycles. The van der Waals surface area contributed by atoms with Gasteiger partial charge in [0.1, 0.15) is 0 Å². The van der Waals surface area contributed by atoms with E-state index in [9.17, 15) is 0 Å². The van der Waals surface area contributed by atoms with Gasteiger partial charge in [0.05, 0.1) is 11.4 Å². The van der Waals surface area contributed by atoms with E-state index in [-0.39, 0.29) is 6.61 Å². The molecule has 0 saturated heterocycles. The third-order valence-corrected chi connectivity index (χ3v) is 3.37. The van der Waals surface area contributed by atoms with Crippen LogP contribution in [0.5, 0.6) is 0 Å². The Kier molecular flexibility index (Phi) is 3.93. The summed E-state index contributed by atoms with van der Waals surface area (Å²) in [6.07, 6.45) is 3.94. The lowest BCUT2D eigenvalue weighted by molar-refractivity contribution is 0.283. The molecule has 0 spiro atoms. The Labute approximate surface area is 98.9 Å². The van der Waals surface area contributed by atoms with Gasteiger partial charge in [0.2, 0.25) is 0 Å². The number of rotatable bonds is 6. The molecule has 0 aliphatic carbocycles. The summed E-state index contributed by atoms with van der Waals surface area (Å²) in [5.74, 6) is 0. The van der Waals surface area contributed by atoms with Crippen LogP contribution in [0.2, 0.25) is 0 Å². The molecular weight excluding hydrogens is 222 g/mol. The molecule has 2 aromatic rings. The second kappa shape index (κ2) is 5.43. The summed E-state index contributed by atoms with van der Waals surface area (Å²) in [5, 5.41) is 14.1. The van der Waals surface area contributed by atoms with Crippen molar-refractivity contribution in [3.63, 3.8) is 0 Å². The number of imidazole rings is 1. The zero-order valence-corrected chi connectivity index (χ0v) is 10.3. The largest absolute Gasteiger partial charge is 0.396 e. The van der Waals surface area contributed by atoms with Crippen LogP contribution in [0.4, 0.5) is 0 Å². The maximum Gasteiger partial charge on any atom is 0.194 e. The van der Waals surface area contributed by atoms with Crippen LogP contribution in [0.15, 0.2) is 11.6 Å². The summed E-state index contributed by atoms with van der Waals surface area (Å²) in [4.78, 5) is 5.55. The standard InChI is InChI=1S/C11H17N3OS/c1-9-10(8-12-4-2-3-6-15)14-5-7-16-11(14)13-9/h5,7,12,15H,2-4,6,8H2,1H3. The molecule has 2 N–H and O–H groups in total. The Bertz CT molecular complexity index is 449. The van der Waals surface area contributed by atoms with E-state index in [0.29, 0.717) is 0 Å². The number of aryl methyl sites for hydroxylation is 1.